The first-order valence-electron chi connectivity index (χ1n) is 8.72. The molecule has 27 heavy (non-hydrogen) atoms. The lowest BCUT2D eigenvalue weighted by Crippen LogP contribution is -2.39. The van der Waals surface area contributed by atoms with E-state index in [1.807, 2.05) is 29.6 Å². The highest BCUT2D eigenvalue weighted by molar-refractivity contribution is 7.10. The third-order valence-electron chi connectivity index (χ3n) is 4.58. The molecule has 0 saturated carbocycles. The minimum Gasteiger partial charge on any atom is -0.497 e. The zero-order valence-corrected chi connectivity index (χ0v) is 16.0. The molecule has 1 amide bonds. The van der Waals surface area contributed by atoms with Crippen molar-refractivity contribution in [3.8, 4) is 5.75 Å². The van der Waals surface area contributed by atoms with Gasteiger partial charge in [0.2, 0.25) is 0 Å². The van der Waals surface area contributed by atoms with Crippen molar-refractivity contribution in [1.82, 2.24) is 10.4 Å². The van der Waals surface area contributed by atoms with E-state index in [0.29, 0.717) is 11.3 Å². The maximum absolute atomic E-state index is 13.2. The van der Waals surface area contributed by atoms with Crippen LogP contribution in [0.25, 0.3) is 5.70 Å². The molecular formula is C22H20N2O2S. The third-order valence-corrected chi connectivity index (χ3v) is 5.52. The molecule has 0 radical (unpaired) electrons. The molecule has 4 nitrogen and oxygen atoms in total. The molecule has 0 fully saturated rings. The molecule has 5 heteroatoms. The van der Waals surface area contributed by atoms with Crippen molar-refractivity contribution in [2.75, 3.05) is 7.11 Å². The van der Waals surface area contributed by atoms with E-state index in [9.17, 15) is 4.79 Å². The molecule has 1 N–H and O–H groups in total. The first-order chi connectivity index (χ1) is 13.2. The molecular weight excluding hydrogens is 356 g/mol. The zero-order chi connectivity index (χ0) is 18.8. The molecule has 1 aromatic heterocycles. The fraction of sp³-hybridized carbons (Fsp3) is 0.136. The number of hydrogen-bond acceptors (Lipinski definition) is 4. The van der Waals surface area contributed by atoms with Crippen LogP contribution in [0.5, 0.6) is 5.75 Å². The van der Waals surface area contributed by atoms with Crippen LogP contribution in [0.1, 0.15) is 32.4 Å². The van der Waals surface area contributed by atoms with Gasteiger partial charge in [0.05, 0.1) is 12.8 Å². The Bertz CT molecular complexity index is 978. The van der Waals surface area contributed by atoms with Crippen LogP contribution in [-0.2, 0) is 0 Å². The van der Waals surface area contributed by atoms with Gasteiger partial charge in [0.15, 0.2) is 0 Å². The minimum atomic E-state index is -0.153. The summed E-state index contributed by atoms with van der Waals surface area (Å²) in [7, 11) is 1.60. The van der Waals surface area contributed by atoms with Crippen molar-refractivity contribution in [2.45, 2.75) is 13.0 Å². The van der Waals surface area contributed by atoms with Crippen LogP contribution in [0.15, 0.2) is 72.1 Å². The fourth-order valence-corrected chi connectivity index (χ4v) is 3.89. The number of benzene rings is 2. The number of thiophene rings is 1. The Morgan fingerprint density at radius 1 is 1.11 bits per heavy atom. The molecule has 136 valence electrons. The van der Waals surface area contributed by atoms with Gasteiger partial charge < -0.3 is 4.74 Å². The van der Waals surface area contributed by atoms with E-state index < -0.39 is 0 Å². The number of aryl methyl sites for hydroxylation is 1. The Balaban J connectivity index is 1.69. The first-order valence-corrected chi connectivity index (χ1v) is 9.60. The van der Waals surface area contributed by atoms with E-state index in [-0.39, 0.29) is 11.9 Å². The molecule has 0 spiro atoms. The molecule has 1 atom stereocenters. The normalized spacial score (nSPS) is 16.0. The summed E-state index contributed by atoms with van der Waals surface area (Å²) in [6.07, 6.45) is 2.11. The number of rotatable bonds is 4. The van der Waals surface area contributed by atoms with Gasteiger partial charge >= 0.3 is 0 Å². The van der Waals surface area contributed by atoms with Crippen LogP contribution in [0.2, 0.25) is 0 Å². The second-order valence-electron chi connectivity index (χ2n) is 6.43. The number of nitrogens with one attached hydrogen (secondary N) is 1. The van der Waals surface area contributed by atoms with E-state index >= 15 is 0 Å². The SMILES string of the molecule is COc1cccc(C(=O)N2NC(c3ccc(C)cc3)=C[C@H]2c2cccs2)c1. The first kappa shape index (κ1) is 17.4. The average molecular weight is 376 g/mol. The largest absolute Gasteiger partial charge is 0.497 e. The number of amides is 1. The molecule has 0 unspecified atom stereocenters. The van der Waals surface area contributed by atoms with Crippen LogP contribution >= 0.6 is 11.3 Å². The summed E-state index contributed by atoms with van der Waals surface area (Å²) in [5.74, 6) is 0.574. The molecule has 1 aliphatic rings. The van der Waals surface area contributed by atoms with Crippen molar-refractivity contribution in [2.24, 2.45) is 0 Å². The van der Waals surface area contributed by atoms with E-state index in [2.05, 4.69) is 48.8 Å². The quantitative estimate of drug-likeness (QED) is 0.711. The van der Waals surface area contributed by atoms with E-state index in [1.54, 1.807) is 29.5 Å². The topological polar surface area (TPSA) is 41.6 Å². The van der Waals surface area contributed by atoms with Crippen LogP contribution < -0.4 is 10.2 Å². The number of hydrogen-bond donors (Lipinski definition) is 1. The van der Waals surface area contributed by atoms with Crippen LogP contribution in [0.3, 0.4) is 0 Å². The van der Waals surface area contributed by atoms with Gasteiger partial charge in [0.1, 0.15) is 11.8 Å². The lowest BCUT2D eigenvalue weighted by atomic mass is 10.1. The van der Waals surface area contributed by atoms with Crippen molar-refractivity contribution in [3.63, 3.8) is 0 Å². The van der Waals surface area contributed by atoms with Crippen molar-refractivity contribution >= 4 is 22.9 Å². The van der Waals surface area contributed by atoms with E-state index in [0.717, 1.165) is 16.1 Å². The molecule has 0 bridgehead atoms. The molecule has 0 saturated heterocycles. The smallest absolute Gasteiger partial charge is 0.273 e. The van der Waals surface area contributed by atoms with Crippen molar-refractivity contribution in [3.05, 3.63) is 93.7 Å². The van der Waals surface area contributed by atoms with Gasteiger partial charge in [-0.2, -0.15) is 0 Å². The summed E-state index contributed by atoms with van der Waals surface area (Å²) in [6.45, 7) is 2.06. The summed E-state index contributed by atoms with van der Waals surface area (Å²) in [5.41, 5.74) is 7.10. The maximum atomic E-state index is 13.2. The van der Waals surface area contributed by atoms with E-state index in [4.69, 9.17) is 4.74 Å². The molecule has 4 rings (SSSR count). The molecule has 1 aliphatic heterocycles. The summed E-state index contributed by atoms with van der Waals surface area (Å²) in [4.78, 5) is 14.3. The van der Waals surface area contributed by atoms with Gasteiger partial charge in [-0.15, -0.1) is 11.3 Å². The molecule has 2 aromatic carbocycles. The summed E-state index contributed by atoms with van der Waals surface area (Å²) >= 11 is 1.64. The molecule has 3 aromatic rings. The zero-order valence-electron chi connectivity index (χ0n) is 15.2. The standard InChI is InChI=1S/C22H20N2O2S/c1-15-8-10-16(11-9-15)19-14-20(21-7-4-12-27-21)24(23-19)22(25)17-5-3-6-18(13-17)26-2/h3-14,20,23H,1-2H3/t20-/m0/s1. The van der Waals surface area contributed by atoms with Gasteiger partial charge in [-0.05, 0) is 48.2 Å². The summed E-state index contributed by atoms with van der Waals surface area (Å²) in [5, 5.41) is 3.72. The van der Waals surface area contributed by atoms with Gasteiger partial charge in [0, 0.05) is 10.4 Å². The highest BCUT2D eigenvalue weighted by atomic mass is 32.1. The highest BCUT2D eigenvalue weighted by Gasteiger charge is 2.32. The van der Waals surface area contributed by atoms with Gasteiger partial charge in [-0.3, -0.25) is 10.2 Å². The number of methoxy groups -OCH3 is 1. The predicted octanol–water partition coefficient (Wildman–Crippen LogP) is 4.81. The monoisotopic (exact) mass is 376 g/mol. The molecule has 2 heterocycles. The third kappa shape index (κ3) is 3.46. The average Bonchev–Trinajstić information content (AvgIpc) is 3.37. The fourth-order valence-electron chi connectivity index (χ4n) is 3.10. The van der Waals surface area contributed by atoms with Crippen LogP contribution in [-0.4, -0.2) is 18.0 Å². The Labute approximate surface area is 162 Å². The lowest BCUT2D eigenvalue weighted by molar-refractivity contribution is 0.0674. The van der Waals surface area contributed by atoms with E-state index in [1.165, 1.54) is 5.56 Å². The van der Waals surface area contributed by atoms with Gasteiger partial charge in [-0.25, -0.2) is 5.01 Å². The van der Waals surface area contributed by atoms with Gasteiger partial charge in [0.25, 0.3) is 5.91 Å². The Kier molecular flexibility index (Phi) is 4.69. The van der Waals surface area contributed by atoms with Crippen molar-refractivity contribution < 1.29 is 9.53 Å². The minimum absolute atomic E-state index is 0.0920. The number of hydrazine groups is 1. The highest BCUT2D eigenvalue weighted by Crippen LogP contribution is 2.34. The molecule has 0 aliphatic carbocycles. The summed E-state index contributed by atoms with van der Waals surface area (Å²) in [6, 6.07) is 19.4. The Morgan fingerprint density at radius 2 is 1.93 bits per heavy atom. The second kappa shape index (κ2) is 7.29. The van der Waals surface area contributed by atoms with Gasteiger partial charge in [-0.1, -0.05) is 42.0 Å². The van der Waals surface area contributed by atoms with Crippen LogP contribution in [0, 0.1) is 6.92 Å². The number of carbonyl (C=O) groups excluding carboxylic acids is 1. The Hall–Kier alpha value is -3.05. The van der Waals surface area contributed by atoms with Crippen molar-refractivity contribution in [1.29, 1.82) is 0 Å². The Morgan fingerprint density at radius 3 is 2.63 bits per heavy atom. The van der Waals surface area contributed by atoms with Crippen LogP contribution in [0.4, 0.5) is 0 Å². The number of ether oxygens (including phenoxy) is 1. The second-order valence-corrected chi connectivity index (χ2v) is 7.40. The number of carbonyl (C=O) groups is 1. The maximum Gasteiger partial charge on any atom is 0.273 e. The lowest BCUT2D eigenvalue weighted by Gasteiger charge is -2.25. The predicted molar refractivity (Wildman–Crippen MR) is 109 cm³/mol. The summed E-state index contributed by atoms with van der Waals surface area (Å²) < 4.78 is 5.27. The number of nitrogens with zero attached hydrogens (tertiary/aromatic N) is 1.